The van der Waals surface area contributed by atoms with Crippen molar-refractivity contribution in [2.24, 2.45) is 10.7 Å². The number of aliphatic imine (C=N–C) groups is 1. The molecule has 1 aliphatic rings. The van der Waals surface area contributed by atoms with Crippen molar-refractivity contribution in [1.82, 2.24) is 19.8 Å². The molecule has 0 saturated carbocycles. The van der Waals surface area contributed by atoms with E-state index in [1.807, 2.05) is 6.07 Å². The fraction of sp³-hybridized carbons (Fsp3) is 0.357. The number of fused-ring (bicyclic) bond motifs is 1. The largest absolute Gasteiger partial charge is 0.493 e. The molecule has 1 fully saturated rings. The second kappa shape index (κ2) is 12.4. The first-order chi connectivity index (χ1) is 18.8. The minimum Gasteiger partial charge on any atom is -0.493 e. The standard InChI is InChI=1S/C28H35N7O4/c1-18(2)34-10-7-21(8-11-34)32-17-20(16-29)27(36)33-26-14-22(5-9-31-26)39-25-13-19-6-12-35(28(37)30-3)23(19)15-24(25)38-4/h5-6,9,12-18,21H,7-8,10-11,29H2,1-4H3,(H,30,37)(H,31,33,36). The lowest BCUT2D eigenvalue weighted by Crippen LogP contribution is -2.39. The molecule has 3 aromatic rings. The van der Waals surface area contributed by atoms with Crippen LogP contribution in [0.2, 0.25) is 0 Å². The Morgan fingerprint density at radius 1 is 1.18 bits per heavy atom. The fourth-order valence-electron chi connectivity index (χ4n) is 4.45. The van der Waals surface area contributed by atoms with Crippen LogP contribution in [0.3, 0.4) is 0 Å². The summed E-state index contributed by atoms with van der Waals surface area (Å²) in [4.78, 5) is 36.2. The summed E-state index contributed by atoms with van der Waals surface area (Å²) in [6, 6.07) is 9.01. The molecule has 11 nitrogen and oxygen atoms in total. The summed E-state index contributed by atoms with van der Waals surface area (Å²) < 4.78 is 13.1. The van der Waals surface area contributed by atoms with E-state index < -0.39 is 5.91 Å². The number of aromatic nitrogens is 2. The number of nitrogens with zero attached hydrogens (tertiary/aromatic N) is 4. The van der Waals surface area contributed by atoms with Crippen LogP contribution in [0.15, 0.2) is 59.5 Å². The number of methoxy groups -OCH3 is 1. The molecule has 0 unspecified atom stereocenters. The molecule has 3 heterocycles. The number of carbonyl (C=O) groups excluding carboxylic acids is 2. The van der Waals surface area contributed by atoms with Crippen LogP contribution < -0.4 is 25.8 Å². The smallest absolute Gasteiger partial charge is 0.325 e. The van der Waals surface area contributed by atoms with Gasteiger partial charge >= 0.3 is 6.03 Å². The van der Waals surface area contributed by atoms with Crippen LogP contribution in [0.4, 0.5) is 10.6 Å². The molecule has 0 spiro atoms. The summed E-state index contributed by atoms with van der Waals surface area (Å²) in [7, 11) is 3.09. The van der Waals surface area contributed by atoms with Gasteiger partial charge in [0.1, 0.15) is 11.6 Å². The molecule has 1 aliphatic heterocycles. The highest BCUT2D eigenvalue weighted by molar-refractivity contribution is 6.17. The Bertz CT molecular complexity index is 1390. The van der Waals surface area contributed by atoms with Crippen molar-refractivity contribution in [3.63, 3.8) is 0 Å². The summed E-state index contributed by atoms with van der Waals surface area (Å²) in [6.07, 6.45) is 7.87. The average Bonchev–Trinajstić information content (AvgIpc) is 3.35. The molecule has 206 valence electrons. The summed E-state index contributed by atoms with van der Waals surface area (Å²) >= 11 is 0. The summed E-state index contributed by atoms with van der Waals surface area (Å²) in [5.41, 5.74) is 6.66. The van der Waals surface area contributed by atoms with Gasteiger partial charge in [-0.05, 0) is 44.9 Å². The summed E-state index contributed by atoms with van der Waals surface area (Å²) in [5.74, 6) is 1.20. The Morgan fingerprint density at radius 3 is 2.62 bits per heavy atom. The van der Waals surface area contributed by atoms with Gasteiger partial charge in [-0.1, -0.05) is 0 Å². The highest BCUT2D eigenvalue weighted by Gasteiger charge is 2.20. The number of carbonyl (C=O) groups is 2. The first-order valence-electron chi connectivity index (χ1n) is 12.9. The van der Waals surface area contributed by atoms with Gasteiger partial charge in [0.25, 0.3) is 5.91 Å². The molecule has 2 aromatic heterocycles. The molecule has 39 heavy (non-hydrogen) atoms. The van der Waals surface area contributed by atoms with E-state index in [-0.39, 0.29) is 17.6 Å². The van der Waals surface area contributed by atoms with Crippen molar-refractivity contribution in [3.8, 4) is 17.2 Å². The molecule has 1 saturated heterocycles. The van der Waals surface area contributed by atoms with Gasteiger partial charge in [0.2, 0.25) is 0 Å². The molecule has 4 N–H and O–H groups in total. The van der Waals surface area contributed by atoms with Crippen LogP contribution >= 0.6 is 0 Å². The molecule has 0 aliphatic carbocycles. The number of anilines is 1. The Kier molecular flexibility index (Phi) is 8.82. The topological polar surface area (TPSA) is 136 Å². The molecule has 2 amide bonds. The number of piperidine rings is 1. The average molecular weight is 534 g/mol. The van der Waals surface area contributed by atoms with Crippen molar-refractivity contribution in [2.45, 2.75) is 38.8 Å². The number of likely N-dealkylation sites (tertiary alicyclic amines) is 1. The van der Waals surface area contributed by atoms with Gasteiger partial charge in [-0.15, -0.1) is 0 Å². The van der Waals surface area contributed by atoms with Gasteiger partial charge in [-0.25, -0.2) is 9.78 Å². The Hall–Kier alpha value is -4.38. The van der Waals surface area contributed by atoms with Crippen LogP contribution in [0.5, 0.6) is 17.2 Å². The predicted octanol–water partition coefficient (Wildman–Crippen LogP) is 3.75. The van der Waals surface area contributed by atoms with Gasteiger partial charge in [0, 0.05) is 68.5 Å². The molecule has 11 heteroatoms. The molecule has 0 bridgehead atoms. The van der Waals surface area contributed by atoms with Crippen LogP contribution in [0.1, 0.15) is 26.7 Å². The van der Waals surface area contributed by atoms with Crippen molar-refractivity contribution < 1.29 is 19.1 Å². The Morgan fingerprint density at radius 2 is 1.95 bits per heavy atom. The van der Waals surface area contributed by atoms with Gasteiger partial charge in [0.15, 0.2) is 11.5 Å². The SMILES string of the molecule is CNC(=O)n1ccc2cc(Oc3ccnc(NC(=O)C(C=NC4CCN(C(C)C)CC4)=CN)c3)c(OC)cc21. The van der Waals surface area contributed by atoms with E-state index in [2.05, 4.69) is 39.4 Å². The van der Waals surface area contributed by atoms with Crippen molar-refractivity contribution >= 4 is 34.9 Å². The second-order valence-electron chi connectivity index (χ2n) is 9.50. The number of amides is 2. The lowest BCUT2D eigenvalue weighted by Gasteiger charge is -2.33. The van der Waals surface area contributed by atoms with Crippen LogP contribution in [-0.2, 0) is 4.79 Å². The van der Waals surface area contributed by atoms with Gasteiger partial charge in [-0.3, -0.25) is 14.4 Å². The summed E-state index contributed by atoms with van der Waals surface area (Å²) in [6.45, 7) is 6.36. The third-order valence-corrected chi connectivity index (χ3v) is 6.70. The maximum Gasteiger partial charge on any atom is 0.325 e. The van der Waals surface area contributed by atoms with Gasteiger partial charge in [0.05, 0.1) is 24.2 Å². The second-order valence-corrected chi connectivity index (χ2v) is 9.50. The first kappa shape index (κ1) is 27.6. The van der Waals surface area contributed by atoms with Crippen LogP contribution in [-0.4, -0.2) is 71.9 Å². The molecule has 0 atom stereocenters. The number of nitrogens with two attached hydrogens (primary N) is 1. The zero-order valence-electron chi connectivity index (χ0n) is 22.7. The monoisotopic (exact) mass is 533 g/mol. The van der Waals surface area contributed by atoms with E-state index in [0.717, 1.165) is 31.3 Å². The number of nitrogens with one attached hydrogen (secondary N) is 2. The van der Waals surface area contributed by atoms with E-state index in [1.54, 1.807) is 37.5 Å². The number of rotatable bonds is 8. The normalized spacial score (nSPS) is 15.2. The third kappa shape index (κ3) is 6.55. The van der Waals surface area contributed by atoms with E-state index in [1.165, 1.54) is 30.3 Å². The van der Waals surface area contributed by atoms with Crippen molar-refractivity contribution in [2.75, 3.05) is 32.6 Å². The number of benzene rings is 1. The number of ether oxygens (including phenoxy) is 2. The fourth-order valence-corrected chi connectivity index (χ4v) is 4.45. The number of hydrogen-bond acceptors (Lipinski definition) is 8. The third-order valence-electron chi connectivity index (χ3n) is 6.70. The molecule has 0 radical (unpaired) electrons. The quantitative estimate of drug-likeness (QED) is 0.296. The predicted molar refractivity (Wildman–Crippen MR) is 152 cm³/mol. The highest BCUT2D eigenvalue weighted by atomic mass is 16.5. The zero-order chi connectivity index (χ0) is 27.9. The van der Waals surface area contributed by atoms with E-state index in [4.69, 9.17) is 15.2 Å². The van der Waals surface area contributed by atoms with Crippen molar-refractivity contribution in [3.05, 3.63) is 54.5 Å². The molecule has 1 aromatic carbocycles. The van der Waals surface area contributed by atoms with Gasteiger partial charge < -0.3 is 30.7 Å². The van der Waals surface area contributed by atoms with E-state index in [9.17, 15) is 9.59 Å². The lowest BCUT2D eigenvalue weighted by atomic mass is 10.0. The van der Waals surface area contributed by atoms with Crippen LogP contribution in [0.25, 0.3) is 10.9 Å². The number of hydrogen-bond donors (Lipinski definition) is 3. The minimum absolute atomic E-state index is 0.165. The molecular weight excluding hydrogens is 498 g/mol. The maximum atomic E-state index is 12.9. The van der Waals surface area contributed by atoms with Crippen molar-refractivity contribution in [1.29, 1.82) is 0 Å². The minimum atomic E-state index is -0.417. The van der Waals surface area contributed by atoms with E-state index >= 15 is 0 Å². The highest BCUT2D eigenvalue weighted by Crippen LogP contribution is 2.36. The molecule has 4 rings (SSSR count). The van der Waals surface area contributed by atoms with E-state index in [0.29, 0.717) is 34.6 Å². The zero-order valence-corrected chi connectivity index (χ0v) is 22.7. The maximum absolute atomic E-state index is 12.9. The van der Waals surface area contributed by atoms with Gasteiger partial charge in [-0.2, -0.15) is 0 Å². The summed E-state index contributed by atoms with van der Waals surface area (Å²) in [5, 5.41) is 6.15. The first-order valence-corrected chi connectivity index (χ1v) is 12.9. The van der Waals surface area contributed by atoms with Crippen LogP contribution in [0, 0.1) is 0 Å². The lowest BCUT2D eigenvalue weighted by molar-refractivity contribution is -0.112. The number of pyridine rings is 1. The Balaban J connectivity index is 1.44. The Labute approximate surface area is 227 Å². The molecular formula is C28H35N7O4.